The molecule has 3 atom stereocenters. The third-order valence-electron chi connectivity index (χ3n) is 3.97. The minimum atomic E-state index is -0.729. The summed E-state index contributed by atoms with van der Waals surface area (Å²) in [6.07, 6.45) is 0.321. The van der Waals surface area contributed by atoms with E-state index in [1.54, 1.807) is 6.92 Å². The zero-order chi connectivity index (χ0) is 16.2. The van der Waals surface area contributed by atoms with Crippen LogP contribution in [-0.4, -0.2) is 30.4 Å². The predicted molar refractivity (Wildman–Crippen MR) is 84.4 cm³/mol. The molecule has 122 valence electrons. The van der Waals surface area contributed by atoms with Crippen LogP contribution in [0, 0.1) is 5.92 Å². The van der Waals surface area contributed by atoms with Crippen molar-refractivity contribution in [1.29, 1.82) is 0 Å². The SMILES string of the molecule is CC(=O)[C@@H]1OC(C)(C)O[C@@H](CCOCc2ccccc2)[C@@H]1C. The largest absolute Gasteiger partial charge is 0.377 e. The molecule has 1 aliphatic rings. The lowest BCUT2D eigenvalue weighted by atomic mass is 9.91. The van der Waals surface area contributed by atoms with Crippen molar-refractivity contribution in [1.82, 2.24) is 0 Å². The van der Waals surface area contributed by atoms with Gasteiger partial charge in [0.15, 0.2) is 11.6 Å². The molecule has 0 saturated carbocycles. The van der Waals surface area contributed by atoms with E-state index in [4.69, 9.17) is 14.2 Å². The Morgan fingerprint density at radius 2 is 1.91 bits per heavy atom. The fourth-order valence-electron chi connectivity index (χ4n) is 2.85. The predicted octanol–water partition coefficient (Wildman–Crippen LogP) is 3.34. The Balaban J connectivity index is 1.84. The molecule has 1 fully saturated rings. The quantitative estimate of drug-likeness (QED) is 0.756. The summed E-state index contributed by atoms with van der Waals surface area (Å²) in [7, 11) is 0. The molecular weight excluding hydrogens is 280 g/mol. The Hall–Kier alpha value is -1.23. The number of carbonyl (C=O) groups is 1. The maximum Gasteiger partial charge on any atom is 0.164 e. The molecule has 1 aromatic carbocycles. The summed E-state index contributed by atoms with van der Waals surface area (Å²) in [6, 6.07) is 10.1. The van der Waals surface area contributed by atoms with Crippen molar-refractivity contribution < 1.29 is 19.0 Å². The highest BCUT2D eigenvalue weighted by atomic mass is 16.7. The molecule has 4 heteroatoms. The van der Waals surface area contributed by atoms with Crippen molar-refractivity contribution in [2.45, 2.75) is 58.7 Å². The third kappa shape index (κ3) is 4.63. The number of Topliss-reactive ketones (excluding diaryl/α,β-unsaturated/α-hetero) is 1. The first-order valence-corrected chi connectivity index (χ1v) is 7.87. The minimum Gasteiger partial charge on any atom is -0.377 e. The van der Waals surface area contributed by atoms with Crippen LogP contribution in [0.15, 0.2) is 30.3 Å². The number of hydrogen-bond acceptors (Lipinski definition) is 4. The van der Waals surface area contributed by atoms with Gasteiger partial charge in [-0.3, -0.25) is 4.79 Å². The molecule has 1 aromatic rings. The first-order chi connectivity index (χ1) is 10.4. The molecule has 0 N–H and O–H groups in total. The Kier molecular flexibility index (Phi) is 5.73. The summed E-state index contributed by atoms with van der Waals surface area (Å²) < 4.78 is 17.4. The Labute approximate surface area is 132 Å². The van der Waals surface area contributed by atoms with E-state index in [1.807, 2.05) is 51.1 Å². The molecule has 0 aliphatic carbocycles. The summed E-state index contributed by atoms with van der Waals surface area (Å²) >= 11 is 0. The highest BCUT2D eigenvalue weighted by molar-refractivity contribution is 5.80. The first kappa shape index (κ1) is 17.1. The van der Waals surface area contributed by atoms with Crippen LogP contribution < -0.4 is 0 Å². The van der Waals surface area contributed by atoms with Gasteiger partial charge >= 0.3 is 0 Å². The van der Waals surface area contributed by atoms with Gasteiger partial charge < -0.3 is 14.2 Å². The van der Waals surface area contributed by atoms with Crippen LogP contribution in [0.25, 0.3) is 0 Å². The van der Waals surface area contributed by atoms with Gasteiger partial charge in [-0.25, -0.2) is 0 Å². The second kappa shape index (κ2) is 7.36. The van der Waals surface area contributed by atoms with Gasteiger partial charge in [-0.05, 0) is 32.8 Å². The molecule has 0 amide bonds. The molecule has 1 heterocycles. The van der Waals surface area contributed by atoms with Gasteiger partial charge in [-0.15, -0.1) is 0 Å². The highest BCUT2D eigenvalue weighted by Crippen LogP contribution is 2.33. The van der Waals surface area contributed by atoms with Crippen LogP contribution in [0.1, 0.15) is 39.7 Å². The van der Waals surface area contributed by atoms with E-state index in [0.29, 0.717) is 13.2 Å². The molecule has 0 bridgehead atoms. The van der Waals surface area contributed by atoms with Crippen LogP contribution in [0.4, 0.5) is 0 Å². The lowest BCUT2D eigenvalue weighted by molar-refractivity contribution is -0.313. The maximum atomic E-state index is 11.7. The molecule has 0 spiro atoms. The van der Waals surface area contributed by atoms with E-state index in [1.165, 1.54) is 0 Å². The molecule has 0 radical (unpaired) electrons. The average Bonchev–Trinajstić information content (AvgIpc) is 2.47. The molecule has 0 aromatic heterocycles. The van der Waals surface area contributed by atoms with Crippen molar-refractivity contribution in [3.8, 4) is 0 Å². The average molecular weight is 306 g/mol. The normalized spacial score (nSPS) is 27.5. The summed E-state index contributed by atoms with van der Waals surface area (Å²) in [6.45, 7) is 8.48. The lowest BCUT2D eigenvalue weighted by Crippen LogP contribution is -2.52. The van der Waals surface area contributed by atoms with Crippen LogP contribution in [0.3, 0.4) is 0 Å². The molecular formula is C18H26O4. The van der Waals surface area contributed by atoms with E-state index < -0.39 is 11.9 Å². The van der Waals surface area contributed by atoms with E-state index >= 15 is 0 Å². The highest BCUT2D eigenvalue weighted by Gasteiger charge is 2.42. The minimum absolute atomic E-state index is 0.0332. The molecule has 1 aliphatic heterocycles. The molecule has 4 nitrogen and oxygen atoms in total. The first-order valence-electron chi connectivity index (χ1n) is 7.87. The number of carbonyl (C=O) groups excluding carboxylic acids is 1. The Bertz CT molecular complexity index is 483. The number of benzene rings is 1. The lowest BCUT2D eigenvalue weighted by Gasteiger charge is -2.44. The number of ether oxygens (including phenoxy) is 3. The van der Waals surface area contributed by atoms with E-state index in [0.717, 1.165) is 12.0 Å². The molecule has 1 saturated heterocycles. The smallest absolute Gasteiger partial charge is 0.164 e. The van der Waals surface area contributed by atoms with Crippen molar-refractivity contribution in [2.75, 3.05) is 6.61 Å². The van der Waals surface area contributed by atoms with Crippen LogP contribution >= 0.6 is 0 Å². The zero-order valence-electron chi connectivity index (χ0n) is 13.9. The third-order valence-corrected chi connectivity index (χ3v) is 3.97. The second-order valence-corrected chi connectivity index (χ2v) is 6.39. The van der Waals surface area contributed by atoms with Crippen molar-refractivity contribution in [3.63, 3.8) is 0 Å². The van der Waals surface area contributed by atoms with Gasteiger partial charge in [0.05, 0.1) is 12.7 Å². The molecule has 0 unspecified atom stereocenters. The number of hydrogen-bond donors (Lipinski definition) is 0. The van der Waals surface area contributed by atoms with Crippen molar-refractivity contribution in [2.24, 2.45) is 5.92 Å². The van der Waals surface area contributed by atoms with Crippen LogP contribution in [-0.2, 0) is 25.6 Å². The van der Waals surface area contributed by atoms with Gasteiger partial charge in [-0.1, -0.05) is 37.3 Å². The van der Waals surface area contributed by atoms with Crippen molar-refractivity contribution in [3.05, 3.63) is 35.9 Å². The van der Waals surface area contributed by atoms with Crippen molar-refractivity contribution >= 4 is 5.78 Å². The standard InChI is InChI=1S/C18H26O4/c1-13-16(21-18(3,4)22-17(13)14(2)19)10-11-20-12-15-8-6-5-7-9-15/h5-9,13,16-17H,10-12H2,1-4H3/t13-,16-,17+/m0/s1. The summed E-state index contributed by atoms with van der Waals surface area (Å²) in [5, 5.41) is 0. The van der Waals surface area contributed by atoms with E-state index in [2.05, 4.69) is 0 Å². The van der Waals surface area contributed by atoms with Gasteiger partial charge in [-0.2, -0.15) is 0 Å². The van der Waals surface area contributed by atoms with E-state index in [9.17, 15) is 4.79 Å². The fourth-order valence-corrected chi connectivity index (χ4v) is 2.85. The van der Waals surface area contributed by atoms with Crippen LogP contribution in [0.2, 0.25) is 0 Å². The fraction of sp³-hybridized carbons (Fsp3) is 0.611. The van der Waals surface area contributed by atoms with Gasteiger partial charge in [0.2, 0.25) is 0 Å². The zero-order valence-corrected chi connectivity index (χ0v) is 13.9. The maximum absolute atomic E-state index is 11.7. The van der Waals surface area contributed by atoms with Gasteiger partial charge in [0, 0.05) is 12.5 Å². The summed E-state index contributed by atoms with van der Waals surface area (Å²) in [4.78, 5) is 11.7. The van der Waals surface area contributed by atoms with E-state index in [-0.39, 0.29) is 17.8 Å². The Morgan fingerprint density at radius 3 is 2.55 bits per heavy atom. The van der Waals surface area contributed by atoms with Crippen LogP contribution in [0.5, 0.6) is 0 Å². The molecule has 22 heavy (non-hydrogen) atoms. The second-order valence-electron chi connectivity index (χ2n) is 6.39. The van der Waals surface area contributed by atoms with Gasteiger partial charge in [0.1, 0.15) is 6.10 Å². The summed E-state index contributed by atoms with van der Waals surface area (Å²) in [5.41, 5.74) is 1.16. The topological polar surface area (TPSA) is 44.8 Å². The Morgan fingerprint density at radius 1 is 1.23 bits per heavy atom. The monoisotopic (exact) mass is 306 g/mol. The van der Waals surface area contributed by atoms with Gasteiger partial charge in [0.25, 0.3) is 0 Å². The summed E-state index contributed by atoms with van der Waals surface area (Å²) in [5.74, 6) is -0.641. The number of ketones is 1. The number of rotatable bonds is 6. The molecule has 2 rings (SSSR count).